The first-order valence-electron chi connectivity index (χ1n) is 30.8. The number of hydrogen-bond acceptors (Lipinski definition) is 2. The van der Waals surface area contributed by atoms with Crippen LogP contribution < -0.4 is 9.30 Å². The van der Waals surface area contributed by atoms with E-state index < -0.39 is 0 Å². The number of aromatic nitrogens is 7. The summed E-state index contributed by atoms with van der Waals surface area (Å²) in [5.74, 6) is 2.26. The lowest BCUT2D eigenvalue weighted by molar-refractivity contribution is -0.570. The van der Waals surface area contributed by atoms with Gasteiger partial charge in [0.1, 0.15) is 23.0 Å². The predicted octanol–water partition coefficient (Wildman–Crippen LogP) is 20.2. The van der Waals surface area contributed by atoms with Gasteiger partial charge in [0.05, 0.1) is 66.5 Å². The Morgan fingerprint density at radius 2 is 0.933 bits per heavy atom. The van der Waals surface area contributed by atoms with E-state index in [9.17, 15) is 0 Å². The van der Waals surface area contributed by atoms with Gasteiger partial charge in [-0.25, -0.2) is 4.98 Å². The molecule has 8 heteroatoms. The van der Waals surface area contributed by atoms with E-state index in [1.54, 1.807) is 0 Å². The van der Waals surface area contributed by atoms with E-state index in [1.165, 1.54) is 49.1 Å². The van der Waals surface area contributed by atoms with Gasteiger partial charge in [-0.1, -0.05) is 185 Å². The van der Waals surface area contributed by atoms with Crippen molar-refractivity contribution < 1.29 is 9.30 Å². The van der Waals surface area contributed by atoms with Gasteiger partial charge in [0, 0.05) is 66.7 Å². The van der Waals surface area contributed by atoms with Gasteiger partial charge in [-0.05, 0) is 137 Å². The Labute approximate surface area is 518 Å². The van der Waals surface area contributed by atoms with E-state index in [2.05, 4.69) is 334 Å². The Balaban J connectivity index is 0.800. The smallest absolute Gasteiger partial charge is 0.269 e. The highest BCUT2D eigenvalue weighted by Crippen LogP contribution is 2.44. The molecule has 0 bridgehead atoms. The average molecular weight is 1160 g/mol. The SMILES string of the molecule is CC(C)(C)c1ccnc(-n2c3ccc(-c4cccc5c4c4ccccc4n5-c4ccccc4)cc3c3ccc(Oc4cccc(-n5[c-][n+](-c6c(-n7c8ccccc8c8ccccc87)ccc7c8ccccc8n(-c8ccccc8)c67)c6ccccc65)c4)cc32)c1. The van der Waals surface area contributed by atoms with Crippen LogP contribution >= 0.6 is 0 Å². The maximum Gasteiger partial charge on any atom is 0.269 e. The molecule has 6 aromatic heterocycles. The highest BCUT2D eigenvalue weighted by atomic mass is 16.5. The van der Waals surface area contributed by atoms with E-state index in [0.717, 1.165) is 100 Å². The van der Waals surface area contributed by atoms with E-state index in [0.29, 0.717) is 11.5 Å². The summed E-state index contributed by atoms with van der Waals surface area (Å²) in [5.41, 5.74) is 19.5. The van der Waals surface area contributed by atoms with Crippen LogP contribution in [0, 0.1) is 6.33 Å². The standard InChI is InChI=1S/C82H57N7O/c1-82(2,3)54-46-47-83-78(49-54)89-72-44-40-53(60-32-21-39-75-79(60)66-31-13-17-36-71(66)86(75)55-22-6-4-7-23-55)48-67(72)64-42-41-59(51-77(64)89)90-58-27-20-26-57(50-58)84-52-85(74-38-19-18-37-73(74)84)81-76(88-69-34-15-10-28-61(69)62-29-11-16-35-70(62)88)45-43-65-63-30-12-14-33-68(63)87(80(65)81)56-24-8-5-9-25-56/h4-51H,1-3H3. The molecule has 12 aromatic carbocycles. The lowest BCUT2D eigenvalue weighted by Gasteiger charge is -2.20. The fourth-order valence-electron chi connectivity index (χ4n) is 14.3. The molecule has 0 radical (unpaired) electrons. The van der Waals surface area contributed by atoms with Crippen molar-refractivity contribution in [2.45, 2.75) is 26.2 Å². The lowest BCUT2D eigenvalue weighted by atomic mass is 9.88. The Morgan fingerprint density at radius 3 is 1.66 bits per heavy atom. The van der Waals surface area contributed by atoms with Crippen molar-refractivity contribution in [3.05, 3.63) is 303 Å². The van der Waals surface area contributed by atoms with E-state index in [4.69, 9.17) is 9.72 Å². The molecular weight excluding hydrogens is 1100 g/mol. The van der Waals surface area contributed by atoms with Crippen LogP contribution in [0.1, 0.15) is 26.3 Å². The molecule has 8 nitrogen and oxygen atoms in total. The van der Waals surface area contributed by atoms with Gasteiger partial charge >= 0.3 is 0 Å². The normalized spacial score (nSPS) is 12.2. The van der Waals surface area contributed by atoms with Crippen LogP contribution in [0.15, 0.2) is 291 Å². The number of fused-ring (bicyclic) bond motifs is 13. The average Bonchev–Trinajstić information content (AvgIpc) is 1.56. The maximum absolute atomic E-state index is 7.07. The molecule has 0 saturated heterocycles. The molecule has 0 aliphatic rings. The first-order chi connectivity index (χ1) is 44.3. The van der Waals surface area contributed by atoms with Gasteiger partial charge < -0.3 is 18.4 Å². The van der Waals surface area contributed by atoms with Gasteiger partial charge in [0.25, 0.3) is 6.33 Å². The molecule has 0 fully saturated rings. The van der Waals surface area contributed by atoms with E-state index in [-0.39, 0.29) is 5.41 Å². The highest BCUT2D eigenvalue weighted by molar-refractivity contribution is 6.18. The molecule has 18 aromatic rings. The number of pyridine rings is 1. The van der Waals surface area contributed by atoms with Crippen molar-refractivity contribution in [2.24, 2.45) is 0 Å². The molecule has 0 spiro atoms. The second-order valence-electron chi connectivity index (χ2n) is 24.5. The van der Waals surface area contributed by atoms with Crippen LogP contribution in [0.2, 0.25) is 0 Å². The zero-order valence-corrected chi connectivity index (χ0v) is 49.8. The Bertz CT molecular complexity index is 5880. The Hall–Kier alpha value is -11.7. The third kappa shape index (κ3) is 7.87. The highest BCUT2D eigenvalue weighted by Gasteiger charge is 2.27. The quantitative estimate of drug-likeness (QED) is 0.107. The maximum atomic E-state index is 7.07. The van der Waals surface area contributed by atoms with Crippen molar-refractivity contribution in [2.75, 3.05) is 0 Å². The van der Waals surface area contributed by atoms with Crippen LogP contribution in [0.5, 0.6) is 11.5 Å². The van der Waals surface area contributed by atoms with E-state index in [1.807, 2.05) is 12.3 Å². The molecule has 0 amide bonds. The molecule has 0 saturated carbocycles. The van der Waals surface area contributed by atoms with Gasteiger partial charge in [-0.15, -0.1) is 0 Å². The molecule has 0 aliphatic carbocycles. The molecule has 18 rings (SSSR count). The third-order valence-electron chi connectivity index (χ3n) is 18.3. The summed E-state index contributed by atoms with van der Waals surface area (Å²) >= 11 is 0. The minimum absolute atomic E-state index is 0.0909. The molecule has 6 heterocycles. The summed E-state index contributed by atoms with van der Waals surface area (Å²) in [6, 6.07) is 103. The van der Waals surface area contributed by atoms with Crippen LogP contribution in [0.3, 0.4) is 0 Å². The summed E-state index contributed by atoms with van der Waals surface area (Å²) in [6.07, 6.45) is 5.93. The monoisotopic (exact) mass is 1160 g/mol. The second kappa shape index (κ2) is 19.9. The molecule has 0 N–H and O–H groups in total. The van der Waals surface area contributed by atoms with Crippen molar-refractivity contribution in [1.82, 2.24) is 27.8 Å². The Morgan fingerprint density at radius 1 is 0.378 bits per heavy atom. The summed E-state index contributed by atoms with van der Waals surface area (Å²) in [5, 5.41) is 9.41. The topological polar surface area (TPSA) is 50.6 Å². The van der Waals surface area contributed by atoms with Crippen LogP contribution in [-0.4, -0.2) is 27.8 Å². The summed E-state index contributed by atoms with van der Waals surface area (Å²) in [7, 11) is 0. The number of rotatable bonds is 9. The fraction of sp³-hybridized carbons (Fsp3) is 0.0488. The summed E-state index contributed by atoms with van der Waals surface area (Å²) in [6.45, 7) is 6.76. The minimum Gasteiger partial charge on any atom is -0.458 e. The van der Waals surface area contributed by atoms with Gasteiger partial charge in [-0.3, -0.25) is 13.7 Å². The Kier molecular flexibility index (Phi) is 11.4. The largest absolute Gasteiger partial charge is 0.458 e. The van der Waals surface area contributed by atoms with Crippen molar-refractivity contribution >= 4 is 98.3 Å². The van der Waals surface area contributed by atoms with Crippen LogP contribution in [-0.2, 0) is 5.41 Å². The number of benzene rings is 12. The number of nitrogens with zero attached hydrogens (tertiary/aromatic N) is 7. The summed E-state index contributed by atoms with van der Waals surface area (Å²) in [4.78, 5) is 5.09. The van der Waals surface area contributed by atoms with Crippen molar-refractivity contribution in [3.63, 3.8) is 0 Å². The molecule has 0 atom stereocenters. The number of imidazole rings is 1. The van der Waals surface area contributed by atoms with Crippen LogP contribution in [0.4, 0.5) is 0 Å². The second-order valence-corrected chi connectivity index (χ2v) is 24.5. The first kappa shape index (κ1) is 51.5. The van der Waals surface area contributed by atoms with Gasteiger partial charge in [0.2, 0.25) is 0 Å². The number of ether oxygens (including phenoxy) is 1. The molecule has 0 unspecified atom stereocenters. The first-order valence-corrected chi connectivity index (χ1v) is 30.8. The van der Waals surface area contributed by atoms with Crippen molar-refractivity contribution in [1.29, 1.82) is 0 Å². The van der Waals surface area contributed by atoms with Crippen molar-refractivity contribution in [3.8, 4) is 56.9 Å². The molecular formula is C82H57N7O. The lowest BCUT2D eigenvalue weighted by Crippen LogP contribution is -2.32. The number of para-hydroxylation sites is 8. The summed E-state index contributed by atoms with van der Waals surface area (Å²) < 4.78 is 21.1. The zero-order chi connectivity index (χ0) is 59.8. The van der Waals surface area contributed by atoms with Gasteiger partial charge in [0.15, 0.2) is 0 Å². The predicted molar refractivity (Wildman–Crippen MR) is 369 cm³/mol. The van der Waals surface area contributed by atoms with E-state index >= 15 is 0 Å². The minimum atomic E-state index is -0.0909. The van der Waals surface area contributed by atoms with Gasteiger partial charge in [-0.2, -0.15) is 0 Å². The molecule has 426 valence electrons. The molecule has 0 aliphatic heterocycles. The third-order valence-corrected chi connectivity index (χ3v) is 18.3. The number of hydrogen-bond donors (Lipinski definition) is 0. The fourth-order valence-corrected chi connectivity index (χ4v) is 14.3. The van der Waals surface area contributed by atoms with Crippen LogP contribution in [0.25, 0.3) is 144 Å². The zero-order valence-electron chi connectivity index (χ0n) is 49.8. The molecule has 90 heavy (non-hydrogen) atoms.